The van der Waals surface area contributed by atoms with Crippen molar-refractivity contribution < 1.29 is 12.9 Å². The summed E-state index contributed by atoms with van der Waals surface area (Å²) in [7, 11) is -1.97. The Bertz CT molecular complexity index is 775. The number of halogens is 2. The second kappa shape index (κ2) is 8.26. The average molecular weight is 393 g/mol. The third-order valence-electron chi connectivity index (χ3n) is 3.31. The lowest BCUT2D eigenvalue weighted by Crippen LogP contribution is -2.26. The molecule has 0 saturated carbocycles. The Morgan fingerprint density at radius 2 is 1.96 bits per heavy atom. The highest BCUT2D eigenvalue weighted by molar-refractivity contribution is 7.89. The van der Waals surface area contributed by atoms with Crippen LogP contribution >= 0.6 is 23.2 Å². The smallest absolute Gasteiger partial charge is 0.243 e. The van der Waals surface area contributed by atoms with Crippen molar-refractivity contribution in [3.05, 3.63) is 40.0 Å². The number of hydrogen-bond acceptors (Lipinski definition) is 6. The first-order valence-electron chi connectivity index (χ1n) is 7.26. The van der Waals surface area contributed by atoms with Crippen LogP contribution in [0.3, 0.4) is 0 Å². The third-order valence-corrected chi connectivity index (χ3v) is 5.73. The number of benzene rings is 1. The summed E-state index contributed by atoms with van der Waals surface area (Å²) in [5.41, 5.74) is 0. The Kier molecular flexibility index (Phi) is 6.59. The summed E-state index contributed by atoms with van der Waals surface area (Å²) in [5.74, 6) is 0.935. The SMILES string of the molecule is CNC(C)Cc1noc(CCNS(=O)(=O)c2c(Cl)cccc2Cl)n1. The van der Waals surface area contributed by atoms with Gasteiger partial charge < -0.3 is 9.84 Å². The molecule has 1 heterocycles. The van der Waals surface area contributed by atoms with Gasteiger partial charge in [-0.25, -0.2) is 13.1 Å². The fourth-order valence-electron chi connectivity index (χ4n) is 1.95. The molecule has 0 saturated heterocycles. The van der Waals surface area contributed by atoms with Gasteiger partial charge in [0.15, 0.2) is 5.82 Å². The molecule has 0 aliphatic heterocycles. The number of hydrogen-bond donors (Lipinski definition) is 2. The summed E-state index contributed by atoms with van der Waals surface area (Å²) in [6.45, 7) is 2.09. The van der Waals surface area contributed by atoms with Gasteiger partial charge in [-0.3, -0.25) is 0 Å². The molecule has 1 unspecified atom stereocenters. The maximum atomic E-state index is 12.3. The predicted molar refractivity (Wildman–Crippen MR) is 91.9 cm³/mol. The number of sulfonamides is 1. The summed E-state index contributed by atoms with van der Waals surface area (Å²) in [4.78, 5) is 4.08. The molecule has 0 fully saturated rings. The molecule has 0 radical (unpaired) electrons. The minimum Gasteiger partial charge on any atom is -0.339 e. The summed E-state index contributed by atoms with van der Waals surface area (Å²) in [5, 5.41) is 7.07. The zero-order valence-corrected chi connectivity index (χ0v) is 15.5. The highest BCUT2D eigenvalue weighted by Crippen LogP contribution is 2.28. The van der Waals surface area contributed by atoms with Crippen LogP contribution in [0.25, 0.3) is 0 Å². The van der Waals surface area contributed by atoms with E-state index in [9.17, 15) is 8.42 Å². The number of rotatable bonds is 8. The molecular formula is C14H18Cl2N4O3S. The molecule has 24 heavy (non-hydrogen) atoms. The Hall–Kier alpha value is -1.19. The number of aromatic nitrogens is 2. The molecule has 1 atom stereocenters. The van der Waals surface area contributed by atoms with Crippen LogP contribution < -0.4 is 10.0 Å². The molecule has 0 aliphatic carbocycles. The van der Waals surface area contributed by atoms with Crippen molar-refractivity contribution >= 4 is 33.2 Å². The highest BCUT2D eigenvalue weighted by atomic mass is 35.5. The largest absolute Gasteiger partial charge is 0.339 e. The van der Waals surface area contributed by atoms with E-state index < -0.39 is 10.0 Å². The summed E-state index contributed by atoms with van der Waals surface area (Å²) >= 11 is 11.9. The molecule has 2 N–H and O–H groups in total. The molecule has 10 heteroatoms. The molecule has 0 bridgehead atoms. The van der Waals surface area contributed by atoms with Gasteiger partial charge in [0.25, 0.3) is 0 Å². The van der Waals surface area contributed by atoms with Crippen LogP contribution in [0, 0.1) is 0 Å². The van der Waals surface area contributed by atoms with Gasteiger partial charge in [-0.15, -0.1) is 0 Å². The van der Waals surface area contributed by atoms with Gasteiger partial charge in [0.2, 0.25) is 15.9 Å². The lowest BCUT2D eigenvalue weighted by Gasteiger charge is -2.09. The number of nitrogens with one attached hydrogen (secondary N) is 2. The van der Waals surface area contributed by atoms with Crippen molar-refractivity contribution in [2.75, 3.05) is 13.6 Å². The van der Waals surface area contributed by atoms with Gasteiger partial charge in [-0.1, -0.05) is 34.4 Å². The molecule has 0 amide bonds. The fraction of sp³-hybridized carbons (Fsp3) is 0.429. The Morgan fingerprint density at radius 3 is 2.58 bits per heavy atom. The maximum absolute atomic E-state index is 12.3. The summed E-state index contributed by atoms with van der Waals surface area (Å²) in [6.07, 6.45) is 0.892. The molecule has 0 aliphatic rings. The van der Waals surface area contributed by atoms with Crippen molar-refractivity contribution in [3.8, 4) is 0 Å². The lowest BCUT2D eigenvalue weighted by molar-refractivity contribution is 0.371. The average Bonchev–Trinajstić information content (AvgIpc) is 2.93. The van der Waals surface area contributed by atoms with Crippen LogP contribution in [0.4, 0.5) is 0 Å². The molecule has 1 aromatic heterocycles. The molecule has 0 spiro atoms. The summed E-state index contributed by atoms with van der Waals surface area (Å²) in [6, 6.07) is 4.73. The fourth-order valence-corrected chi connectivity index (χ4v) is 4.13. The van der Waals surface area contributed by atoms with Gasteiger partial charge in [-0.2, -0.15) is 4.98 Å². The molecule has 7 nitrogen and oxygen atoms in total. The van der Waals surface area contributed by atoms with Crippen molar-refractivity contribution in [1.29, 1.82) is 0 Å². The molecule has 132 valence electrons. The summed E-state index contributed by atoms with van der Waals surface area (Å²) < 4.78 is 32.1. The van der Waals surface area contributed by atoms with E-state index in [1.54, 1.807) is 6.07 Å². The van der Waals surface area contributed by atoms with E-state index >= 15 is 0 Å². The molecule has 2 rings (SSSR count). The van der Waals surface area contributed by atoms with Crippen LogP contribution in [0.15, 0.2) is 27.6 Å². The van der Waals surface area contributed by atoms with Crippen molar-refractivity contribution in [2.45, 2.75) is 30.7 Å². The van der Waals surface area contributed by atoms with Crippen LogP contribution in [-0.4, -0.2) is 38.2 Å². The van der Waals surface area contributed by atoms with Gasteiger partial charge >= 0.3 is 0 Å². The monoisotopic (exact) mass is 392 g/mol. The van der Waals surface area contributed by atoms with Gasteiger partial charge in [0.05, 0.1) is 10.0 Å². The van der Waals surface area contributed by atoms with E-state index in [-0.39, 0.29) is 33.9 Å². The Labute approximate surface area is 150 Å². The van der Waals surface area contributed by atoms with Gasteiger partial charge in [0, 0.05) is 25.4 Å². The van der Waals surface area contributed by atoms with Gasteiger partial charge in [0.1, 0.15) is 4.90 Å². The van der Waals surface area contributed by atoms with Crippen LogP contribution in [0.1, 0.15) is 18.6 Å². The number of likely N-dealkylation sites (N-methyl/N-ethyl adjacent to an activating group) is 1. The third kappa shape index (κ3) is 4.90. The second-order valence-corrected chi connectivity index (χ2v) is 7.71. The van der Waals surface area contributed by atoms with Crippen molar-refractivity contribution in [1.82, 2.24) is 20.2 Å². The maximum Gasteiger partial charge on any atom is 0.243 e. The van der Waals surface area contributed by atoms with E-state index in [0.717, 1.165) is 0 Å². The topological polar surface area (TPSA) is 97.1 Å². The van der Waals surface area contributed by atoms with Crippen LogP contribution in [0.2, 0.25) is 10.0 Å². The lowest BCUT2D eigenvalue weighted by atomic mass is 10.2. The quantitative estimate of drug-likeness (QED) is 0.713. The predicted octanol–water partition coefficient (Wildman–Crippen LogP) is 2.05. The Balaban J connectivity index is 1.96. The van der Waals surface area contributed by atoms with Crippen LogP contribution in [-0.2, 0) is 22.9 Å². The van der Waals surface area contributed by atoms with Gasteiger partial charge in [-0.05, 0) is 26.1 Å². The van der Waals surface area contributed by atoms with Crippen molar-refractivity contribution in [2.24, 2.45) is 0 Å². The van der Waals surface area contributed by atoms with E-state index in [2.05, 4.69) is 20.2 Å². The van der Waals surface area contributed by atoms with E-state index in [0.29, 0.717) is 18.1 Å². The minimum absolute atomic E-state index is 0.0659. The zero-order valence-electron chi connectivity index (χ0n) is 13.2. The first kappa shape index (κ1) is 19.1. The molecule has 2 aromatic rings. The van der Waals surface area contributed by atoms with E-state index in [1.807, 2.05) is 14.0 Å². The number of nitrogens with zero attached hydrogens (tertiary/aromatic N) is 2. The van der Waals surface area contributed by atoms with E-state index in [4.69, 9.17) is 27.7 Å². The first-order chi connectivity index (χ1) is 11.3. The highest BCUT2D eigenvalue weighted by Gasteiger charge is 2.21. The second-order valence-electron chi connectivity index (χ2n) is 5.20. The first-order valence-corrected chi connectivity index (χ1v) is 9.50. The van der Waals surface area contributed by atoms with Crippen molar-refractivity contribution in [3.63, 3.8) is 0 Å². The standard InChI is InChI=1S/C14H18Cl2N4O3S/c1-9(17-2)8-12-19-13(23-20-12)6-7-18-24(21,22)14-10(15)4-3-5-11(14)16/h3-5,9,17-18H,6-8H2,1-2H3. The zero-order chi connectivity index (χ0) is 17.7. The van der Waals surface area contributed by atoms with Crippen LogP contribution in [0.5, 0.6) is 0 Å². The minimum atomic E-state index is -3.82. The molecule has 1 aromatic carbocycles. The Morgan fingerprint density at radius 1 is 1.29 bits per heavy atom. The molecular weight excluding hydrogens is 375 g/mol. The van der Waals surface area contributed by atoms with E-state index in [1.165, 1.54) is 12.1 Å². The normalized spacial score (nSPS) is 13.2.